The Bertz CT molecular complexity index is 1320. The zero-order valence-electron chi connectivity index (χ0n) is 27.2. The quantitative estimate of drug-likeness (QED) is 0.153. The van der Waals surface area contributed by atoms with Crippen LogP contribution in [0.4, 0.5) is 0 Å². The van der Waals surface area contributed by atoms with E-state index in [1.165, 1.54) is 14.0 Å². The van der Waals surface area contributed by atoms with Crippen LogP contribution in [-0.4, -0.2) is 65.9 Å². The maximum absolute atomic E-state index is 13.3. The Morgan fingerprint density at radius 3 is 2.33 bits per heavy atom. The third-order valence-electron chi connectivity index (χ3n) is 7.41. The first-order chi connectivity index (χ1) is 21.8. The normalized spacial score (nSPS) is 14.6. The number of ether oxygens (including phenoxy) is 2. The Morgan fingerprint density at radius 2 is 1.72 bits per heavy atom. The summed E-state index contributed by atoms with van der Waals surface area (Å²) in [6, 6.07) is 13.8. The average Bonchev–Trinajstić information content (AvgIpc) is 3.01. The number of halogens is 1. The van der Waals surface area contributed by atoms with Crippen LogP contribution in [0.3, 0.4) is 0 Å². The Kier molecular flexibility index (Phi) is 16.3. The number of esters is 1. The summed E-state index contributed by atoms with van der Waals surface area (Å²) in [6.45, 7) is 6.96. The highest BCUT2D eigenvalue weighted by Crippen LogP contribution is 2.25. The van der Waals surface area contributed by atoms with Crippen molar-refractivity contribution in [1.29, 1.82) is 0 Å². The van der Waals surface area contributed by atoms with Gasteiger partial charge in [-0.25, -0.2) is 4.79 Å². The largest absolute Gasteiger partial charge is 0.495 e. The minimum atomic E-state index is -1.28. The lowest BCUT2D eigenvalue weighted by molar-refractivity contribution is -0.167. The fraction of sp³-hybridized carbons (Fsp3) is 0.486. The number of amides is 2. The number of hydrogen-bond donors (Lipinski definition) is 4. The molecule has 2 aromatic rings. The van der Waals surface area contributed by atoms with Crippen LogP contribution in [-0.2, 0) is 30.3 Å². The highest BCUT2D eigenvalue weighted by atomic mass is 35.5. The van der Waals surface area contributed by atoms with Crippen molar-refractivity contribution >= 4 is 41.4 Å². The number of aliphatic hydroxyl groups is 1. The highest BCUT2D eigenvalue weighted by molar-refractivity contribution is 6.32. The first-order valence-electron chi connectivity index (χ1n) is 15.5. The molecule has 2 rings (SSSR count). The second kappa shape index (κ2) is 19.6. The fourth-order valence-corrected chi connectivity index (χ4v) is 4.86. The fourth-order valence-electron chi connectivity index (χ4n) is 4.58. The molecule has 11 heteroatoms. The van der Waals surface area contributed by atoms with Gasteiger partial charge in [0.15, 0.2) is 6.10 Å². The molecule has 2 amide bonds. The molecule has 0 radical (unpaired) electrons. The Labute approximate surface area is 276 Å². The van der Waals surface area contributed by atoms with Gasteiger partial charge in [-0.2, -0.15) is 0 Å². The lowest BCUT2D eigenvalue weighted by Gasteiger charge is -2.22. The molecule has 5 atom stereocenters. The van der Waals surface area contributed by atoms with E-state index in [2.05, 4.69) is 10.6 Å². The molecule has 0 saturated heterocycles. The summed E-state index contributed by atoms with van der Waals surface area (Å²) in [4.78, 5) is 50.3. The van der Waals surface area contributed by atoms with Crippen molar-refractivity contribution < 1.29 is 38.9 Å². The molecule has 10 nitrogen and oxygen atoms in total. The molecule has 0 fully saturated rings. The van der Waals surface area contributed by atoms with Crippen LogP contribution in [0.1, 0.15) is 64.5 Å². The first kappa shape index (κ1) is 38.3. The first-order valence-corrected chi connectivity index (χ1v) is 15.9. The number of aliphatic carboxylic acids is 1. The van der Waals surface area contributed by atoms with Gasteiger partial charge in [-0.15, -0.1) is 0 Å². The van der Waals surface area contributed by atoms with Gasteiger partial charge in [-0.3, -0.25) is 14.4 Å². The molecule has 2 aromatic carbocycles. The summed E-state index contributed by atoms with van der Waals surface area (Å²) >= 11 is 6.28. The molecule has 0 saturated carbocycles. The molecule has 0 unspecified atom stereocenters. The van der Waals surface area contributed by atoms with Gasteiger partial charge in [0.25, 0.3) is 0 Å². The van der Waals surface area contributed by atoms with Crippen LogP contribution >= 0.6 is 11.6 Å². The highest BCUT2D eigenvalue weighted by Gasteiger charge is 2.28. The summed E-state index contributed by atoms with van der Waals surface area (Å²) in [7, 11) is 1.49. The second-order valence-electron chi connectivity index (χ2n) is 11.9. The zero-order chi connectivity index (χ0) is 34.2. The van der Waals surface area contributed by atoms with Crippen molar-refractivity contribution in [3.8, 4) is 5.75 Å². The average molecular weight is 659 g/mol. The number of methoxy groups -OCH3 is 1. The number of carbonyl (C=O) groups is 4. The standard InChI is InChI=1S/C35H47ClN2O8/c1-22(2)18-31(34(42)43)46-35(44)24(4)21-37-33(41)28(20-26-16-17-30(45-5)27(36)19-26)38-32(40)13-9-12-29(39)23(3)14-15-25-10-7-6-8-11-25/h6-8,10-11,14-17,19,22-24,28-29,31,39H,9,12-13,18,20-21H2,1-5H3,(H,37,41)(H,38,40)(H,42,43)/b15-14+/t23-,24-,28-,29+,31+/m1/s1. The number of hydrogen-bond acceptors (Lipinski definition) is 7. The molecular weight excluding hydrogens is 612 g/mol. The van der Waals surface area contributed by atoms with E-state index in [1.807, 2.05) is 63.3 Å². The number of carboxylic acid groups (broad SMARTS) is 1. The molecule has 0 aliphatic carbocycles. The minimum absolute atomic E-state index is 0.00266. The van der Waals surface area contributed by atoms with Gasteiger partial charge >= 0.3 is 11.9 Å². The number of carbonyl (C=O) groups excluding carboxylic acids is 3. The van der Waals surface area contributed by atoms with Crippen molar-refractivity contribution in [2.45, 2.75) is 78.0 Å². The third-order valence-corrected chi connectivity index (χ3v) is 7.71. The molecule has 0 aliphatic rings. The van der Waals surface area contributed by atoms with Crippen molar-refractivity contribution in [3.05, 3.63) is 70.8 Å². The topological polar surface area (TPSA) is 151 Å². The summed E-state index contributed by atoms with van der Waals surface area (Å²) < 4.78 is 10.4. The van der Waals surface area contributed by atoms with Gasteiger partial charge in [-0.05, 0) is 48.4 Å². The summed E-state index contributed by atoms with van der Waals surface area (Å²) in [5.74, 6) is -3.36. The third kappa shape index (κ3) is 13.6. The van der Waals surface area contributed by atoms with E-state index in [0.29, 0.717) is 29.2 Å². The van der Waals surface area contributed by atoms with Gasteiger partial charge in [-0.1, -0.05) is 87.8 Å². The SMILES string of the molecule is COc1ccc(C[C@@H](NC(=O)CCC[C@H](O)[C@H](C)/C=C/c2ccccc2)C(=O)NC[C@@H](C)C(=O)O[C@@H](CC(C)C)C(=O)O)cc1Cl. The van der Waals surface area contributed by atoms with Gasteiger partial charge in [0.1, 0.15) is 11.8 Å². The summed E-state index contributed by atoms with van der Waals surface area (Å²) in [6.07, 6.45) is 3.13. The molecule has 0 aromatic heterocycles. The van der Waals surface area contributed by atoms with E-state index < -0.39 is 42.0 Å². The molecule has 0 aliphatic heterocycles. The lowest BCUT2D eigenvalue weighted by atomic mass is 9.98. The van der Waals surface area contributed by atoms with Crippen molar-refractivity contribution in [2.75, 3.05) is 13.7 Å². The van der Waals surface area contributed by atoms with E-state index in [9.17, 15) is 29.4 Å². The number of aliphatic hydroxyl groups excluding tert-OH is 1. The monoisotopic (exact) mass is 658 g/mol. The zero-order valence-corrected chi connectivity index (χ0v) is 28.0. The van der Waals surface area contributed by atoms with Gasteiger partial charge in [0.2, 0.25) is 11.8 Å². The number of nitrogens with one attached hydrogen (secondary N) is 2. The van der Waals surface area contributed by atoms with Crippen molar-refractivity contribution in [1.82, 2.24) is 10.6 Å². The van der Waals surface area contributed by atoms with Gasteiger partial charge in [0.05, 0.1) is 24.2 Å². The summed E-state index contributed by atoms with van der Waals surface area (Å²) in [5.41, 5.74) is 1.71. The summed E-state index contributed by atoms with van der Waals surface area (Å²) in [5, 5.41) is 25.8. The van der Waals surface area contributed by atoms with E-state index >= 15 is 0 Å². The molecule has 252 valence electrons. The van der Waals surface area contributed by atoms with E-state index in [4.69, 9.17) is 21.1 Å². The molecule has 0 bridgehead atoms. The molecule has 0 spiro atoms. The Hall–Kier alpha value is -3.89. The lowest BCUT2D eigenvalue weighted by Crippen LogP contribution is -2.49. The molecule has 0 heterocycles. The Morgan fingerprint density at radius 1 is 1.02 bits per heavy atom. The van der Waals surface area contributed by atoms with E-state index in [0.717, 1.165) is 5.56 Å². The number of rotatable bonds is 19. The van der Waals surface area contributed by atoms with Crippen molar-refractivity contribution in [2.24, 2.45) is 17.8 Å². The van der Waals surface area contributed by atoms with Crippen LogP contribution < -0.4 is 15.4 Å². The minimum Gasteiger partial charge on any atom is -0.495 e. The maximum atomic E-state index is 13.3. The van der Waals surface area contributed by atoms with Crippen molar-refractivity contribution in [3.63, 3.8) is 0 Å². The second-order valence-corrected chi connectivity index (χ2v) is 12.3. The van der Waals surface area contributed by atoms with E-state index in [1.54, 1.807) is 18.2 Å². The molecule has 46 heavy (non-hydrogen) atoms. The van der Waals surface area contributed by atoms with Crippen LogP contribution in [0.5, 0.6) is 5.75 Å². The van der Waals surface area contributed by atoms with E-state index in [-0.39, 0.29) is 43.6 Å². The van der Waals surface area contributed by atoms with Crippen LogP contribution in [0.15, 0.2) is 54.6 Å². The smallest absolute Gasteiger partial charge is 0.345 e. The predicted octanol–water partition coefficient (Wildman–Crippen LogP) is 5.05. The predicted molar refractivity (Wildman–Crippen MR) is 177 cm³/mol. The van der Waals surface area contributed by atoms with Crippen LogP contribution in [0.25, 0.3) is 6.08 Å². The van der Waals surface area contributed by atoms with Gasteiger partial charge < -0.3 is 30.3 Å². The number of benzene rings is 2. The Balaban J connectivity index is 2.00. The molecular formula is C35H47ClN2O8. The number of carboxylic acids is 1. The molecule has 4 N–H and O–H groups in total. The van der Waals surface area contributed by atoms with Gasteiger partial charge in [0, 0.05) is 25.3 Å². The maximum Gasteiger partial charge on any atom is 0.345 e. The van der Waals surface area contributed by atoms with Crippen LogP contribution in [0, 0.1) is 17.8 Å². The van der Waals surface area contributed by atoms with Crippen LogP contribution in [0.2, 0.25) is 5.02 Å².